The molecule has 0 spiro atoms. The van der Waals surface area contributed by atoms with Crippen molar-refractivity contribution >= 4 is 23.9 Å². The van der Waals surface area contributed by atoms with Gasteiger partial charge in [0.25, 0.3) is 0 Å². The maximum Gasteiger partial charge on any atom is 0.407 e. The molecule has 0 aromatic rings. The molecule has 2 atom stereocenters. The number of likely N-dealkylation sites (tertiary alicyclic amines) is 1. The van der Waals surface area contributed by atoms with Gasteiger partial charge in [-0.2, -0.15) is 0 Å². The highest BCUT2D eigenvalue weighted by Gasteiger charge is 2.39. The van der Waals surface area contributed by atoms with E-state index in [2.05, 4.69) is 5.32 Å². The molecule has 0 aromatic heterocycles. The van der Waals surface area contributed by atoms with Crippen LogP contribution in [0.15, 0.2) is 0 Å². The molecule has 1 heterocycles. The Morgan fingerprint density at radius 1 is 1.42 bits per heavy atom. The summed E-state index contributed by atoms with van der Waals surface area (Å²) in [6.45, 7) is 5.45. The molecule has 1 aliphatic heterocycles. The summed E-state index contributed by atoms with van der Waals surface area (Å²) in [6, 6.07) is -1.04. The summed E-state index contributed by atoms with van der Waals surface area (Å²) in [5.41, 5.74) is 4.57. The molecule has 1 rings (SSSR count). The van der Waals surface area contributed by atoms with Crippen molar-refractivity contribution < 1.29 is 29.0 Å². The normalized spacial score (nSPS) is 19.0. The van der Waals surface area contributed by atoms with E-state index in [9.17, 15) is 24.3 Å². The smallest absolute Gasteiger partial charge is 0.407 e. The van der Waals surface area contributed by atoms with Crippen molar-refractivity contribution in [1.82, 2.24) is 10.2 Å². The van der Waals surface area contributed by atoms with Crippen LogP contribution in [0.25, 0.3) is 0 Å². The number of carbonyl (C=O) groups excluding carboxylic acids is 3. The van der Waals surface area contributed by atoms with Gasteiger partial charge in [-0.3, -0.25) is 9.59 Å². The number of rotatable bonds is 7. The van der Waals surface area contributed by atoms with E-state index < -0.39 is 41.4 Å². The maximum absolute atomic E-state index is 11.9. The van der Waals surface area contributed by atoms with Crippen LogP contribution >= 0.6 is 0 Å². The van der Waals surface area contributed by atoms with Gasteiger partial charge in [0.1, 0.15) is 11.6 Å². The summed E-state index contributed by atoms with van der Waals surface area (Å²) < 4.78 is 5.07. The zero-order chi connectivity index (χ0) is 18.5. The van der Waals surface area contributed by atoms with Gasteiger partial charge < -0.3 is 25.8 Å². The summed E-state index contributed by atoms with van der Waals surface area (Å²) in [7, 11) is 0. The van der Waals surface area contributed by atoms with E-state index in [1.165, 1.54) is 4.90 Å². The third kappa shape index (κ3) is 6.05. The minimum absolute atomic E-state index is 0.0185. The van der Waals surface area contributed by atoms with Crippen molar-refractivity contribution in [3.05, 3.63) is 0 Å². The maximum atomic E-state index is 11.9. The highest BCUT2D eigenvalue weighted by atomic mass is 16.6. The molecule has 1 fully saturated rings. The fourth-order valence-electron chi connectivity index (χ4n) is 2.44. The molecular weight excluding hydrogens is 318 g/mol. The van der Waals surface area contributed by atoms with Gasteiger partial charge in [-0.1, -0.05) is 0 Å². The lowest BCUT2D eigenvalue weighted by molar-refractivity contribution is -0.148. The second kappa shape index (κ2) is 7.98. The van der Waals surface area contributed by atoms with Crippen molar-refractivity contribution in [2.45, 2.75) is 51.7 Å². The lowest BCUT2D eigenvalue weighted by atomic mass is 10.1. The molecule has 0 saturated carbocycles. The number of carboxylic acids is 1. The van der Waals surface area contributed by atoms with Crippen molar-refractivity contribution in [2.24, 2.45) is 11.7 Å². The van der Waals surface area contributed by atoms with E-state index >= 15 is 0 Å². The topological polar surface area (TPSA) is 139 Å². The minimum atomic E-state index is -1.15. The van der Waals surface area contributed by atoms with Crippen LogP contribution < -0.4 is 11.1 Å². The van der Waals surface area contributed by atoms with E-state index in [-0.39, 0.29) is 25.9 Å². The van der Waals surface area contributed by atoms with Gasteiger partial charge in [-0.25, -0.2) is 9.59 Å². The van der Waals surface area contributed by atoms with E-state index in [1.54, 1.807) is 20.8 Å². The van der Waals surface area contributed by atoms with Gasteiger partial charge in [-0.05, 0) is 33.6 Å². The number of ether oxygens (including phenoxy) is 1. The monoisotopic (exact) mass is 343 g/mol. The van der Waals surface area contributed by atoms with Crippen LogP contribution in [0.4, 0.5) is 4.79 Å². The van der Waals surface area contributed by atoms with Crippen molar-refractivity contribution in [1.29, 1.82) is 0 Å². The number of nitrogens with two attached hydrogens (primary N) is 1. The quantitative estimate of drug-likeness (QED) is 0.559. The van der Waals surface area contributed by atoms with Gasteiger partial charge in [0.05, 0.1) is 5.92 Å². The zero-order valence-electron chi connectivity index (χ0n) is 14.2. The molecule has 4 N–H and O–H groups in total. The zero-order valence-corrected chi connectivity index (χ0v) is 14.2. The van der Waals surface area contributed by atoms with Crippen LogP contribution in [0, 0.1) is 5.92 Å². The fourth-order valence-corrected chi connectivity index (χ4v) is 2.44. The molecule has 136 valence electrons. The summed E-state index contributed by atoms with van der Waals surface area (Å²) in [5.74, 6) is -2.81. The highest BCUT2D eigenvalue weighted by molar-refractivity contribution is 5.91. The Morgan fingerprint density at radius 2 is 2.04 bits per heavy atom. The number of primary amides is 1. The fraction of sp³-hybridized carbons (Fsp3) is 0.733. The van der Waals surface area contributed by atoms with Crippen molar-refractivity contribution in [3.63, 3.8) is 0 Å². The molecule has 0 radical (unpaired) electrons. The lowest BCUT2D eigenvalue weighted by Crippen LogP contribution is -2.43. The highest BCUT2D eigenvalue weighted by Crippen LogP contribution is 2.22. The largest absolute Gasteiger partial charge is 0.480 e. The second-order valence-electron chi connectivity index (χ2n) is 6.77. The Balaban J connectivity index is 2.48. The second-order valence-corrected chi connectivity index (χ2v) is 6.77. The lowest BCUT2D eigenvalue weighted by Gasteiger charge is -2.24. The SMILES string of the molecule is CC(C)(C)OC(=O)NCCC[C@@H](C(=O)O)N1CC(C(N)=O)CC1=O. The molecule has 24 heavy (non-hydrogen) atoms. The van der Waals surface area contributed by atoms with Gasteiger partial charge in [0.15, 0.2) is 0 Å². The Morgan fingerprint density at radius 3 is 2.50 bits per heavy atom. The molecule has 9 nitrogen and oxygen atoms in total. The minimum Gasteiger partial charge on any atom is -0.480 e. The van der Waals surface area contributed by atoms with Crippen LogP contribution in [0.5, 0.6) is 0 Å². The van der Waals surface area contributed by atoms with Crippen LogP contribution in [0.1, 0.15) is 40.0 Å². The molecule has 0 aliphatic carbocycles. The van der Waals surface area contributed by atoms with Gasteiger partial charge in [0, 0.05) is 19.5 Å². The number of hydrogen-bond acceptors (Lipinski definition) is 5. The van der Waals surface area contributed by atoms with Crippen LogP contribution in [0.2, 0.25) is 0 Å². The molecular formula is C15H25N3O6. The first kappa shape index (κ1) is 19.7. The summed E-state index contributed by atoms with van der Waals surface area (Å²) >= 11 is 0. The van der Waals surface area contributed by atoms with Crippen LogP contribution in [-0.2, 0) is 19.1 Å². The molecule has 1 unspecified atom stereocenters. The molecule has 3 amide bonds. The van der Waals surface area contributed by atoms with E-state index in [1.807, 2.05) is 0 Å². The first-order chi connectivity index (χ1) is 11.0. The van der Waals surface area contributed by atoms with Crippen molar-refractivity contribution in [2.75, 3.05) is 13.1 Å². The predicted molar refractivity (Wildman–Crippen MR) is 83.9 cm³/mol. The Hall–Kier alpha value is -2.32. The molecule has 1 aliphatic rings. The number of hydrogen-bond donors (Lipinski definition) is 3. The number of nitrogens with one attached hydrogen (secondary N) is 1. The summed E-state index contributed by atoms with van der Waals surface area (Å²) in [6.07, 6.45) is -0.140. The van der Waals surface area contributed by atoms with Gasteiger partial charge in [-0.15, -0.1) is 0 Å². The van der Waals surface area contributed by atoms with E-state index in [4.69, 9.17) is 10.5 Å². The average molecular weight is 343 g/mol. The van der Waals surface area contributed by atoms with E-state index in [0.717, 1.165) is 0 Å². The third-order valence-electron chi connectivity index (χ3n) is 3.54. The van der Waals surface area contributed by atoms with Gasteiger partial charge >= 0.3 is 12.1 Å². The van der Waals surface area contributed by atoms with E-state index in [0.29, 0.717) is 6.42 Å². The first-order valence-corrected chi connectivity index (χ1v) is 7.79. The first-order valence-electron chi connectivity index (χ1n) is 7.79. The number of carboxylic acid groups (broad SMARTS) is 1. The Labute approximate surface area is 140 Å². The third-order valence-corrected chi connectivity index (χ3v) is 3.54. The Kier molecular flexibility index (Phi) is 6.56. The number of aliphatic carboxylic acids is 1. The average Bonchev–Trinajstić information content (AvgIpc) is 2.78. The molecule has 1 saturated heterocycles. The standard InChI is InChI=1S/C15H25N3O6/c1-15(2,3)24-14(23)17-6-4-5-10(13(21)22)18-8-9(12(16)20)7-11(18)19/h9-10H,4-8H2,1-3H3,(H2,16,20)(H,17,23)(H,21,22)/t9?,10-/m0/s1. The number of nitrogens with zero attached hydrogens (tertiary/aromatic N) is 1. The Bertz CT molecular complexity index is 514. The van der Waals surface area contributed by atoms with Crippen LogP contribution in [0.3, 0.4) is 0 Å². The summed E-state index contributed by atoms with van der Waals surface area (Å²) in [5, 5.41) is 11.8. The molecule has 0 bridgehead atoms. The number of carbonyl (C=O) groups is 4. The molecule has 9 heteroatoms. The van der Waals surface area contributed by atoms with Crippen molar-refractivity contribution in [3.8, 4) is 0 Å². The summed E-state index contributed by atoms with van der Waals surface area (Å²) in [4.78, 5) is 47.1. The van der Waals surface area contributed by atoms with Gasteiger partial charge in [0.2, 0.25) is 11.8 Å². The van der Waals surface area contributed by atoms with Crippen LogP contribution in [-0.4, -0.2) is 58.6 Å². The molecule has 0 aromatic carbocycles. The predicted octanol–water partition coefficient (Wildman–Crippen LogP) is 0.0783. The number of amides is 3. The number of alkyl carbamates (subject to hydrolysis) is 1.